The number of nitrogens with zero attached hydrogens (tertiary/aromatic N) is 3. The molecule has 33 heavy (non-hydrogen) atoms. The fraction of sp³-hybridized carbons (Fsp3) is 0.360. The van der Waals surface area contributed by atoms with Gasteiger partial charge in [-0.15, -0.1) is 0 Å². The fourth-order valence-corrected chi connectivity index (χ4v) is 3.58. The molecule has 172 valence electrons. The number of hydrogen-bond donors (Lipinski definition) is 1. The molecule has 1 N–H and O–H groups in total. The van der Waals surface area contributed by atoms with E-state index in [9.17, 15) is 9.59 Å². The van der Waals surface area contributed by atoms with Crippen molar-refractivity contribution in [3.8, 4) is 6.07 Å². The zero-order valence-electron chi connectivity index (χ0n) is 18.8. The summed E-state index contributed by atoms with van der Waals surface area (Å²) in [5, 5.41) is 18.3. The zero-order valence-corrected chi connectivity index (χ0v) is 19.5. The Balaban J connectivity index is 1.69. The molecule has 0 aliphatic carbocycles. The topological polar surface area (TPSA) is 94.8 Å². The van der Waals surface area contributed by atoms with Gasteiger partial charge in [0.15, 0.2) is 0 Å². The molecular weight excluding hydrogens is 440 g/mol. The Labute approximate surface area is 199 Å². The molecule has 1 heterocycles. The van der Waals surface area contributed by atoms with Gasteiger partial charge in [-0.25, -0.2) is 14.6 Å². The predicted octanol–water partition coefficient (Wildman–Crippen LogP) is 5.86. The van der Waals surface area contributed by atoms with E-state index >= 15 is 0 Å². The molecule has 0 spiro atoms. The summed E-state index contributed by atoms with van der Waals surface area (Å²) in [5.74, 6) is -0.359. The molecule has 0 aromatic heterocycles. The molecule has 0 saturated carbocycles. The largest absolute Gasteiger partial charge is 0.459 e. The SMILES string of the molecule is CCC(C)OC(=O)c1ccc(NC(=O)N2CC(CCCC#N)C(c3ccc(Cl)cc3)=N2)cc1. The summed E-state index contributed by atoms with van der Waals surface area (Å²) in [6, 6.07) is 15.7. The van der Waals surface area contributed by atoms with E-state index in [1.165, 1.54) is 5.01 Å². The summed E-state index contributed by atoms with van der Waals surface area (Å²) in [5.41, 5.74) is 2.69. The second kappa shape index (κ2) is 11.5. The van der Waals surface area contributed by atoms with Crippen molar-refractivity contribution in [2.45, 2.75) is 45.6 Å². The molecule has 1 aliphatic heterocycles. The summed E-state index contributed by atoms with van der Waals surface area (Å²) in [6.07, 6.45) is 2.54. The maximum absolute atomic E-state index is 12.9. The van der Waals surface area contributed by atoms with E-state index in [2.05, 4.69) is 16.5 Å². The third kappa shape index (κ3) is 6.56. The van der Waals surface area contributed by atoms with Crippen molar-refractivity contribution < 1.29 is 14.3 Å². The van der Waals surface area contributed by atoms with Gasteiger partial charge < -0.3 is 10.1 Å². The molecular formula is C25H27ClN4O3. The van der Waals surface area contributed by atoms with Gasteiger partial charge >= 0.3 is 12.0 Å². The van der Waals surface area contributed by atoms with Crippen molar-refractivity contribution in [1.82, 2.24) is 5.01 Å². The molecule has 3 rings (SSSR count). The number of carbonyl (C=O) groups excluding carboxylic acids is 2. The summed E-state index contributed by atoms with van der Waals surface area (Å²) >= 11 is 6.01. The molecule has 0 radical (unpaired) electrons. The number of hydrazone groups is 1. The highest BCUT2D eigenvalue weighted by atomic mass is 35.5. The van der Waals surface area contributed by atoms with Crippen LogP contribution in [0.25, 0.3) is 0 Å². The lowest BCUT2D eigenvalue weighted by molar-refractivity contribution is 0.0334. The van der Waals surface area contributed by atoms with Gasteiger partial charge in [0.25, 0.3) is 0 Å². The van der Waals surface area contributed by atoms with Crippen LogP contribution in [0.4, 0.5) is 10.5 Å². The lowest BCUT2D eigenvalue weighted by Gasteiger charge is -2.15. The van der Waals surface area contributed by atoms with E-state index in [1.807, 2.05) is 26.0 Å². The average Bonchev–Trinajstić information content (AvgIpc) is 3.24. The van der Waals surface area contributed by atoms with Crippen molar-refractivity contribution in [3.05, 3.63) is 64.7 Å². The number of rotatable bonds is 8. The van der Waals surface area contributed by atoms with Gasteiger partial charge in [0.2, 0.25) is 0 Å². The number of ether oxygens (including phenoxy) is 1. The van der Waals surface area contributed by atoms with E-state index < -0.39 is 0 Å². The van der Waals surface area contributed by atoms with Crippen LogP contribution in [0.5, 0.6) is 0 Å². The number of anilines is 1. The maximum atomic E-state index is 12.9. The molecule has 0 fully saturated rings. The number of nitriles is 1. The molecule has 2 atom stereocenters. The fourth-order valence-electron chi connectivity index (χ4n) is 3.46. The second-order valence-corrected chi connectivity index (χ2v) is 8.39. The van der Waals surface area contributed by atoms with Crippen LogP contribution in [-0.2, 0) is 4.74 Å². The van der Waals surface area contributed by atoms with Crippen molar-refractivity contribution in [3.63, 3.8) is 0 Å². The number of esters is 1. The Bertz CT molecular complexity index is 1040. The van der Waals surface area contributed by atoms with Crippen molar-refractivity contribution >= 4 is 35.0 Å². The average molecular weight is 467 g/mol. The van der Waals surface area contributed by atoms with Crippen LogP contribution < -0.4 is 5.32 Å². The van der Waals surface area contributed by atoms with E-state index in [4.69, 9.17) is 21.6 Å². The number of nitrogens with one attached hydrogen (secondary N) is 1. The zero-order chi connectivity index (χ0) is 23.8. The monoisotopic (exact) mass is 466 g/mol. The minimum absolute atomic E-state index is 0.0305. The first-order chi connectivity index (χ1) is 15.9. The van der Waals surface area contributed by atoms with Crippen LogP contribution in [0.2, 0.25) is 5.02 Å². The molecule has 0 bridgehead atoms. The lowest BCUT2D eigenvalue weighted by atomic mass is 9.93. The summed E-state index contributed by atoms with van der Waals surface area (Å²) in [7, 11) is 0. The maximum Gasteiger partial charge on any atom is 0.342 e. The molecule has 2 aromatic carbocycles. The Hall–Kier alpha value is -3.37. The third-order valence-electron chi connectivity index (χ3n) is 5.48. The minimum atomic E-state index is -0.390. The molecule has 2 amide bonds. The first-order valence-corrected chi connectivity index (χ1v) is 11.4. The molecule has 7 nitrogen and oxygen atoms in total. The molecule has 0 saturated heterocycles. The smallest absolute Gasteiger partial charge is 0.342 e. The van der Waals surface area contributed by atoms with Crippen LogP contribution in [0.3, 0.4) is 0 Å². The van der Waals surface area contributed by atoms with Crippen LogP contribution in [0, 0.1) is 17.2 Å². The first-order valence-electron chi connectivity index (χ1n) is 11.0. The van der Waals surface area contributed by atoms with Gasteiger partial charge in [-0.3, -0.25) is 0 Å². The quantitative estimate of drug-likeness (QED) is 0.389. The van der Waals surface area contributed by atoms with Gasteiger partial charge in [0.1, 0.15) is 0 Å². The number of amides is 2. The van der Waals surface area contributed by atoms with E-state index in [0.29, 0.717) is 29.2 Å². The third-order valence-corrected chi connectivity index (χ3v) is 5.73. The highest BCUT2D eigenvalue weighted by molar-refractivity contribution is 6.30. The van der Waals surface area contributed by atoms with E-state index in [-0.39, 0.29) is 24.0 Å². The van der Waals surface area contributed by atoms with Crippen LogP contribution in [-0.4, -0.2) is 35.4 Å². The Morgan fingerprint density at radius 2 is 1.94 bits per heavy atom. The summed E-state index contributed by atoms with van der Waals surface area (Å²) in [6.45, 7) is 4.22. The number of hydrogen-bond acceptors (Lipinski definition) is 5. The minimum Gasteiger partial charge on any atom is -0.459 e. The number of carbonyl (C=O) groups is 2. The van der Waals surface area contributed by atoms with E-state index in [0.717, 1.165) is 30.5 Å². The predicted molar refractivity (Wildman–Crippen MR) is 128 cm³/mol. The van der Waals surface area contributed by atoms with Gasteiger partial charge in [-0.1, -0.05) is 30.7 Å². The van der Waals surface area contributed by atoms with Crippen molar-refractivity contribution in [2.75, 3.05) is 11.9 Å². The molecule has 1 aliphatic rings. The number of urea groups is 1. The highest BCUT2D eigenvalue weighted by Crippen LogP contribution is 2.26. The Morgan fingerprint density at radius 3 is 2.58 bits per heavy atom. The van der Waals surface area contributed by atoms with Gasteiger partial charge in [-0.2, -0.15) is 10.4 Å². The van der Waals surface area contributed by atoms with Crippen molar-refractivity contribution in [2.24, 2.45) is 11.0 Å². The van der Waals surface area contributed by atoms with Gasteiger partial charge in [0, 0.05) is 23.0 Å². The lowest BCUT2D eigenvalue weighted by Crippen LogP contribution is -2.30. The molecule has 8 heteroatoms. The number of halogens is 1. The van der Waals surface area contributed by atoms with Crippen molar-refractivity contribution in [1.29, 1.82) is 5.26 Å². The standard InChI is InChI=1S/C25H27ClN4O3/c1-3-17(2)33-24(31)19-9-13-22(14-10-19)28-25(32)30-16-20(6-4-5-15-27)23(29-30)18-7-11-21(26)12-8-18/h7-14,17,20H,3-6,16H2,1-2H3,(H,28,32). The molecule has 2 aromatic rings. The normalized spacial score (nSPS) is 16.0. The van der Waals surface area contributed by atoms with Gasteiger partial charge in [-0.05, 0) is 68.1 Å². The van der Waals surface area contributed by atoms with Gasteiger partial charge in [0.05, 0.1) is 30.0 Å². The Morgan fingerprint density at radius 1 is 1.24 bits per heavy atom. The number of unbranched alkanes of at least 4 members (excludes halogenated alkanes) is 1. The summed E-state index contributed by atoms with van der Waals surface area (Å²) in [4.78, 5) is 25.0. The van der Waals surface area contributed by atoms with E-state index in [1.54, 1.807) is 36.4 Å². The van der Waals surface area contributed by atoms with Crippen LogP contribution in [0.15, 0.2) is 53.6 Å². The Kier molecular flexibility index (Phi) is 8.45. The highest BCUT2D eigenvalue weighted by Gasteiger charge is 2.30. The van der Waals surface area contributed by atoms with Crippen LogP contribution >= 0.6 is 11.6 Å². The molecule has 2 unspecified atom stereocenters. The first kappa shape index (κ1) is 24.3. The van der Waals surface area contributed by atoms with Crippen LogP contribution in [0.1, 0.15) is 55.5 Å². The second-order valence-electron chi connectivity index (χ2n) is 7.95. The summed E-state index contributed by atoms with van der Waals surface area (Å²) < 4.78 is 5.32. The number of benzene rings is 2.